The summed E-state index contributed by atoms with van der Waals surface area (Å²) in [6.45, 7) is 14.2. The summed E-state index contributed by atoms with van der Waals surface area (Å²) in [5.74, 6) is 0.942. The average molecular weight is 1420 g/mol. The van der Waals surface area contributed by atoms with Gasteiger partial charge in [0.15, 0.2) is 12.2 Å². The number of unbranched alkanes of at least 4 members (excludes halogenated alkanes) is 41. The summed E-state index contributed by atoms with van der Waals surface area (Å²) in [6, 6.07) is 0. The Morgan fingerprint density at radius 1 is 0.258 bits per heavy atom. The van der Waals surface area contributed by atoms with Crippen molar-refractivity contribution in [2.24, 2.45) is 23.7 Å². The molecule has 0 aliphatic carbocycles. The van der Waals surface area contributed by atoms with Crippen molar-refractivity contribution in [1.82, 2.24) is 0 Å². The van der Waals surface area contributed by atoms with Crippen LogP contribution in [0.5, 0.6) is 0 Å². The molecule has 0 bridgehead atoms. The fraction of sp³-hybridized carbons (Fsp3) is 0.949. The van der Waals surface area contributed by atoms with Gasteiger partial charge in [-0.2, -0.15) is 0 Å². The number of phosphoric acid groups is 2. The molecule has 0 aromatic carbocycles. The second kappa shape index (κ2) is 67.2. The van der Waals surface area contributed by atoms with E-state index in [0.29, 0.717) is 25.7 Å². The lowest BCUT2D eigenvalue weighted by Gasteiger charge is -2.21. The van der Waals surface area contributed by atoms with Crippen molar-refractivity contribution in [3.8, 4) is 0 Å². The average Bonchev–Trinajstić information content (AvgIpc) is 2.98. The molecular formula is C78H152O17P2. The van der Waals surface area contributed by atoms with E-state index in [1.54, 1.807) is 0 Å². The molecule has 0 saturated heterocycles. The van der Waals surface area contributed by atoms with Crippen LogP contribution in [0.1, 0.15) is 396 Å². The predicted octanol–water partition coefficient (Wildman–Crippen LogP) is 22.8. The number of carbonyl (C=O) groups excluding carboxylic acids is 4. The van der Waals surface area contributed by atoms with Crippen LogP contribution < -0.4 is 0 Å². The van der Waals surface area contributed by atoms with Crippen LogP contribution in [0.25, 0.3) is 0 Å². The number of phosphoric ester groups is 2. The largest absolute Gasteiger partial charge is 0.472 e. The third-order valence-electron chi connectivity index (χ3n) is 18.1. The summed E-state index contributed by atoms with van der Waals surface area (Å²) < 4.78 is 68.6. The minimum atomic E-state index is -4.96. The molecule has 0 aromatic heterocycles. The molecule has 2 unspecified atom stereocenters. The van der Waals surface area contributed by atoms with Gasteiger partial charge in [0, 0.05) is 25.7 Å². The number of hydrogen-bond donors (Lipinski definition) is 3. The van der Waals surface area contributed by atoms with Gasteiger partial charge >= 0.3 is 39.5 Å². The topological polar surface area (TPSA) is 237 Å². The minimum absolute atomic E-state index is 0.105. The van der Waals surface area contributed by atoms with E-state index in [2.05, 4.69) is 55.4 Å². The van der Waals surface area contributed by atoms with Crippen LogP contribution in [0, 0.1) is 23.7 Å². The van der Waals surface area contributed by atoms with Gasteiger partial charge in [0.2, 0.25) is 0 Å². The zero-order chi connectivity index (χ0) is 71.7. The highest BCUT2D eigenvalue weighted by Crippen LogP contribution is 2.45. The Labute approximate surface area is 594 Å². The SMILES string of the molecule is CC(C)CCCCCCCCCCCCCCCCCCC(=O)O[C@H](COC(=O)CCCCCCCCCCCCCC(C)C)COP(=O)(O)OC[C@@H](O)COP(=O)(O)OC[C@@H](COC(=O)CCCCCCCCCCCC(C)C)OC(=O)CCCCCCCCCCCC(C)C. The van der Waals surface area contributed by atoms with E-state index >= 15 is 0 Å². The maximum absolute atomic E-state index is 13.1. The van der Waals surface area contributed by atoms with Crippen molar-refractivity contribution in [3.05, 3.63) is 0 Å². The van der Waals surface area contributed by atoms with Crippen LogP contribution in [-0.2, 0) is 65.4 Å². The molecule has 5 atom stereocenters. The van der Waals surface area contributed by atoms with E-state index in [4.69, 9.17) is 37.0 Å². The minimum Gasteiger partial charge on any atom is -0.462 e. The van der Waals surface area contributed by atoms with Gasteiger partial charge in [0.25, 0.3) is 0 Å². The second-order valence-electron chi connectivity index (χ2n) is 30.0. The van der Waals surface area contributed by atoms with Gasteiger partial charge in [0.05, 0.1) is 26.4 Å². The van der Waals surface area contributed by atoms with Crippen LogP contribution in [0.15, 0.2) is 0 Å². The third kappa shape index (κ3) is 72.2. The lowest BCUT2D eigenvalue weighted by molar-refractivity contribution is -0.161. The van der Waals surface area contributed by atoms with Crippen LogP contribution in [0.3, 0.4) is 0 Å². The fourth-order valence-electron chi connectivity index (χ4n) is 11.9. The molecule has 0 aliphatic heterocycles. The third-order valence-corrected chi connectivity index (χ3v) is 20.0. The zero-order valence-corrected chi connectivity index (χ0v) is 65.5. The van der Waals surface area contributed by atoms with Gasteiger partial charge < -0.3 is 33.8 Å². The molecule has 19 heteroatoms. The molecule has 0 heterocycles. The Balaban J connectivity index is 5.25. The normalized spacial score (nSPS) is 14.1. The molecule has 0 fully saturated rings. The van der Waals surface area contributed by atoms with Crippen LogP contribution in [-0.4, -0.2) is 96.7 Å². The van der Waals surface area contributed by atoms with Gasteiger partial charge in [-0.05, 0) is 49.4 Å². The van der Waals surface area contributed by atoms with Crippen LogP contribution >= 0.6 is 15.6 Å². The number of aliphatic hydroxyl groups excluding tert-OH is 1. The molecule has 3 N–H and O–H groups in total. The summed E-state index contributed by atoms with van der Waals surface area (Å²) in [4.78, 5) is 72.9. The molecular weight excluding hydrogens is 1270 g/mol. The molecule has 97 heavy (non-hydrogen) atoms. The quantitative estimate of drug-likeness (QED) is 0.0222. The Kier molecular flexibility index (Phi) is 65.9. The predicted molar refractivity (Wildman–Crippen MR) is 395 cm³/mol. The van der Waals surface area contributed by atoms with Gasteiger partial charge in [0.1, 0.15) is 19.3 Å². The van der Waals surface area contributed by atoms with E-state index in [-0.39, 0.29) is 25.7 Å². The lowest BCUT2D eigenvalue weighted by Crippen LogP contribution is -2.30. The van der Waals surface area contributed by atoms with Gasteiger partial charge in [-0.15, -0.1) is 0 Å². The molecule has 0 radical (unpaired) electrons. The molecule has 0 aromatic rings. The first-order valence-corrected chi connectivity index (χ1v) is 43.2. The number of ether oxygens (including phenoxy) is 4. The summed E-state index contributed by atoms with van der Waals surface area (Å²) >= 11 is 0. The first-order chi connectivity index (χ1) is 46.6. The number of aliphatic hydroxyl groups is 1. The Morgan fingerprint density at radius 3 is 0.639 bits per heavy atom. The van der Waals surface area contributed by atoms with Crippen molar-refractivity contribution in [2.45, 2.75) is 414 Å². The van der Waals surface area contributed by atoms with Crippen molar-refractivity contribution in [3.63, 3.8) is 0 Å². The lowest BCUT2D eigenvalue weighted by atomic mass is 10.0. The van der Waals surface area contributed by atoms with E-state index in [9.17, 15) is 43.2 Å². The first-order valence-electron chi connectivity index (χ1n) is 40.2. The molecule has 17 nitrogen and oxygen atoms in total. The van der Waals surface area contributed by atoms with E-state index < -0.39 is 97.5 Å². The number of carbonyl (C=O) groups is 4. The van der Waals surface area contributed by atoms with Crippen molar-refractivity contribution < 1.29 is 80.2 Å². The van der Waals surface area contributed by atoms with Gasteiger partial charge in [-0.3, -0.25) is 37.3 Å². The van der Waals surface area contributed by atoms with Gasteiger partial charge in [-0.25, -0.2) is 9.13 Å². The fourth-order valence-corrected chi connectivity index (χ4v) is 13.5. The molecule has 0 amide bonds. The van der Waals surface area contributed by atoms with Crippen LogP contribution in [0.4, 0.5) is 0 Å². The molecule has 0 rings (SSSR count). The van der Waals surface area contributed by atoms with Crippen molar-refractivity contribution in [1.29, 1.82) is 0 Å². The highest BCUT2D eigenvalue weighted by atomic mass is 31.2. The monoisotopic (exact) mass is 1420 g/mol. The Hall–Kier alpha value is -1.94. The second-order valence-corrected chi connectivity index (χ2v) is 32.9. The Morgan fingerprint density at radius 2 is 0.433 bits per heavy atom. The van der Waals surface area contributed by atoms with E-state index in [1.807, 2.05) is 0 Å². The van der Waals surface area contributed by atoms with Crippen LogP contribution in [0.2, 0.25) is 0 Å². The maximum atomic E-state index is 13.1. The van der Waals surface area contributed by atoms with Gasteiger partial charge in [-0.1, -0.05) is 344 Å². The molecule has 576 valence electrons. The molecule has 0 spiro atoms. The number of rotatable bonds is 75. The Bertz CT molecular complexity index is 1900. The highest BCUT2D eigenvalue weighted by molar-refractivity contribution is 7.47. The summed E-state index contributed by atoms with van der Waals surface area (Å²) in [6.07, 6.45) is 52.7. The molecule has 0 saturated carbocycles. The summed E-state index contributed by atoms with van der Waals surface area (Å²) in [5, 5.41) is 10.6. The summed E-state index contributed by atoms with van der Waals surface area (Å²) in [7, 11) is -9.92. The smallest absolute Gasteiger partial charge is 0.462 e. The zero-order valence-electron chi connectivity index (χ0n) is 63.7. The number of esters is 4. The highest BCUT2D eigenvalue weighted by Gasteiger charge is 2.30. The standard InChI is InChI=1S/C78H152O17P2/c1-68(2)54-46-38-30-22-16-13-11-9-10-12-14-18-27-36-44-52-60-77(82)94-73(64-88-75(80)58-50-42-34-26-19-15-17-23-31-39-47-55-69(3)4)66-92-96(84,85)90-62-72(79)63-91-97(86,87)93-67-74(95-78(83)61-53-45-37-29-21-25-33-41-49-57-71(7)8)65-89-76(81)59-51-43-35-28-20-24-32-40-48-56-70(5)6/h68-74,79H,9-67H2,1-8H3,(H,84,85)(H,86,87)/t72-,73-,74-/m1/s1. The number of hydrogen-bond acceptors (Lipinski definition) is 15. The van der Waals surface area contributed by atoms with Crippen molar-refractivity contribution in [2.75, 3.05) is 39.6 Å². The van der Waals surface area contributed by atoms with E-state index in [1.165, 1.54) is 199 Å². The summed E-state index contributed by atoms with van der Waals surface area (Å²) in [5.41, 5.74) is 0. The first kappa shape index (κ1) is 95.1. The maximum Gasteiger partial charge on any atom is 0.472 e. The van der Waals surface area contributed by atoms with Crippen molar-refractivity contribution >= 4 is 39.5 Å². The van der Waals surface area contributed by atoms with E-state index in [0.717, 1.165) is 114 Å². The molecule has 0 aliphatic rings.